The number of nitrogens with two attached hydrogens (primary N) is 1. The van der Waals surface area contributed by atoms with Crippen LogP contribution in [0.1, 0.15) is 65.3 Å². The zero-order chi connectivity index (χ0) is 24.5. The molecule has 1 saturated heterocycles. The summed E-state index contributed by atoms with van der Waals surface area (Å²) < 4.78 is 16.6. The van der Waals surface area contributed by atoms with Crippen LogP contribution >= 0.6 is 0 Å². The highest BCUT2D eigenvalue weighted by Crippen LogP contribution is 2.45. The molecule has 2 aliphatic rings. The Hall–Kier alpha value is -3.99. The van der Waals surface area contributed by atoms with Crippen LogP contribution < -0.4 is 5.73 Å². The van der Waals surface area contributed by atoms with Crippen LogP contribution in [0.25, 0.3) is 17.1 Å². The van der Waals surface area contributed by atoms with Gasteiger partial charge >= 0.3 is 0 Å². The molecule has 1 aromatic heterocycles. The van der Waals surface area contributed by atoms with Gasteiger partial charge in [-0.15, -0.1) is 0 Å². The summed E-state index contributed by atoms with van der Waals surface area (Å²) in [4.78, 5) is 24.5. The molecule has 1 aliphatic carbocycles. The molecule has 2 heterocycles. The molecule has 0 unspecified atom stereocenters. The molecule has 0 radical (unpaired) electrons. The van der Waals surface area contributed by atoms with Crippen molar-refractivity contribution in [2.24, 2.45) is 4.99 Å². The fourth-order valence-corrected chi connectivity index (χ4v) is 4.72. The molecule has 2 N–H and O–H groups in total. The third-order valence-electron chi connectivity index (χ3n) is 6.67. The molecule has 0 atom stereocenters. The summed E-state index contributed by atoms with van der Waals surface area (Å²) in [6.45, 7) is 1.44. The van der Waals surface area contributed by atoms with E-state index in [9.17, 15) is 14.4 Å². The van der Waals surface area contributed by atoms with E-state index in [-0.39, 0.29) is 17.4 Å². The SMILES string of the molecule is CN=Cc1cc(-n2c(-c3ccc(C#N)c(F)c3)nc(C(=O)N3CCCCC3)c2C2CC2)ccc1N. The van der Waals surface area contributed by atoms with E-state index in [0.717, 1.165) is 62.1 Å². The average Bonchev–Trinajstić information content (AvgIpc) is 3.64. The Bertz CT molecular complexity index is 1360. The second kappa shape index (κ2) is 9.34. The molecule has 2 fully saturated rings. The smallest absolute Gasteiger partial charge is 0.274 e. The van der Waals surface area contributed by atoms with Gasteiger partial charge in [-0.2, -0.15) is 5.26 Å². The number of halogens is 1. The van der Waals surface area contributed by atoms with Crippen molar-refractivity contribution < 1.29 is 9.18 Å². The normalized spacial score (nSPS) is 16.0. The minimum absolute atomic E-state index is 0.0344. The van der Waals surface area contributed by atoms with E-state index >= 15 is 0 Å². The number of benzene rings is 2. The van der Waals surface area contributed by atoms with E-state index in [1.807, 2.05) is 27.7 Å². The van der Waals surface area contributed by atoms with Crippen LogP contribution in [0.4, 0.5) is 10.1 Å². The summed E-state index contributed by atoms with van der Waals surface area (Å²) >= 11 is 0. The number of hydrogen-bond acceptors (Lipinski definition) is 5. The molecule has 1 amide bonds. The largest absolute Gasteiger partial charge is 0.398 e. The Labute approximate surface area is 203 Å². The van der Waals surface area contributed by atoms with Crippen LogP contribution in [-0.4, -0.2) is 46.7 Å². The summed E-state index contributed by atoms with van der Waals surface area (Å²) in [7, 11) is 1.68. The maximum Gasteiger partial charge on any atom is 0.274 e. The molecule has 0 bridgehead atoms. The van der Waals surface area contributed by atoms with Gasteiger partial charge in [0.05, 0.1) is 11.3 Å². The fourth-order valence-electron chi connectivity index (χ4n) is 4.72. The molecule has 5 rings (SSSR count). The van der Waals surface area contributed by atoms with Gasteiger partial charge in [0.1, 0.15) is 17.7 Å². The number of hydrogen-bond donors (Lipinski definition) is 1. The van der Waals surface area contributed by atoms with Gasteiger partial charge in [-0.05, 0) is 68.5 Å². The molecular weight excluding hydrogens is 443 g/mol. The lowest BCUT2D eigenvalue weighted by molar-refractivity contribution is 0.0717. The van der Waals surface area contributed by atoms with Gasteiger partial charge in [0.2, 0.25) is 0 Å². The molecule has 2 aromatic carbocycles. The van der Waals surface area contributed by atoms with Crippen molar-refractivity contribution in [3.63, 3.8) is 0 Å². The summed E-state index contributed by atoms with van der Waals surface area (Å²) in [5, 5.41) is 9.18. The number of carbonyl (C=O) groups excluding carboxylic acids is 1. The molecule has 0 spiro atoms. The lowest BCUT2D eigenvalue weighted by atomic mass is 10.1. The number of nitrogens with zero attached hydrogens (tertiary/aromatic N) is 5. The van der Waals surface area contributed by atoms with Crippen LogP contribution in [0.3, 0.4) is 0 Å². The summed E-state index contributed by atoms with van der Waals surface area (Å²) in [5.74, 6) is -0.0251. The van der Waals surface area contributed by atoms with Gasteiger partial charge in [-0.25, -0.2) is 9.37 Å². The van der Waals surface area contributed by atoms with Crippen molar-refractivity contribution in [3.8, 4) is 23.1 Å². The number of nitrogen functional groups attached to an aromatic ring is 1. The molecule has 1 aliphatic heterocycles. The number of aliphatic imine (C=N–C) groups is 1. The first-order chi connectivity index (χ1) is 17.0. The molecule has 8 heteroatoms. The maximum absolute atomic E-state index is 14.6. The monoisotopic (exact) mass is 470 g/mol. The minimum Gasteiger partial charge on any atom is -0.398 e. The van der Waals surface area contributed by atoms with E-state index < -0.39 is 5.82 Å². The number of rotatable bonds is 5. The standard InChI is InChI=1S/C27H27FN6O/c1-31-16-20-13-21(9-10-23(20)30)34-25(17-5-6-17)24(27(35)33-11-3-2-4-12-33)32-26(34)18-7-8-19(15-29)22(28)14-18/h7-10,13-14,16-17H,2-6,11-12,30H2,1H3. The third-order valence-corrected chi connectivity index (χ3v) is 6.67. The van der Waals surface area contributed by atoms with Crippen LogP contribution in [-0.2, 0) is 0 Å². The van der Waals surface area contributed by atoms with Crippen molar-refractivity contribution in [2.45, 2.75) is 38.0 Å². The topological polar surface area (TPSA) is 100 Å². The first-order valence-corrected chi connectivity index (χ1v) is 12.0. The third kappa shape index (κ3) is 4.30. The summed E-state index contributed by atoms with van der Waals surface area (Å²) in [6, 6.07) is 11.9. The van der Waals surface area contributed by atoms with E-state index in [1.165, 1.54) is 12.1 Å². The van der Waals surface area contributed by atoms with Crippen LogP contribution in [0.15, 0.2) is 41.4 Å². The van der Waals surface area contributed by atoms with Gasteiger partial charge in [0.15, 0.2) is 5.69 Å². The quantitative estimate of drug-likeness (QED) is 0.432. The fraction of sp³-hybridized carbons (Fsp3) is 0.333. The number of anilines is 1. The Morgan fingerprint density at radius 2 is 1.97 bits per heavy atom. The molecule has 7 nitrogen and oxygen atoms in total. The number of imidazole rings is 1. The van der Waals surface area contributed by atoms with Crippen molar-refractivity contribution in [1.29, 1.82) is 5.26 Å². The Balaban J connectivity index is 1.74. The second-order valence-electron chi connectivity index (χ2n) is 9.14. The lowest BCUT2D eigenvalue weighted by Gasteiger charge is -2.26. The van der Waals surface area contributed by atoms with Gasteiger partial charge in [0.25, 0.3) is 5.91 Å². The van der Waals surface area contributed by atoms with Gasteiger partial charge < -0.3 is 10.6 Å². The van der Waals surface area contributed by atoms with Crippen LogP contribution in [0.5, 0.6) is 0 Å². The lowest BCUT2D eigenvalue weighted by Crippen LogP contribution is -2.36. The van der Waals surface area contributed by atoms with E-state index in [1.54, 1.807) is 25.4 Å². The number of carbonyl (C=O) groups is 1. The van der Waals surface area contributed by atoms with Crippen LogP contribution in [0, 0.1) is 17.1 Å². The average molecular weight is 471 g/mol. The minimum atomic E-state index is -0.618. The van der Waals surface area contributed by atoms with Gasteiger partial charge in [-0.3, -0.25) is 14.4 Å². The highest BCUT2D eigenvalue weighted by atomic mass is 19.1. The zero-order valence-electron chi connectivity index (χ0n) is 19.7. The number of aromatic nitrogens is 2. The zero-order valence-corrected chi connectivity index (χ0v) is 19.7. The Morgan fingerprint density at radius 3 is 2.63 bits per heavy atom. The highest BCUT2D eigenvalue weighted by molar-refractivity contribution is 5.95. The number of likely N-dealkylation sites (tertiary alicyclic amines) is 1. The predicted octanol–water partition coefficient (Wildman–Crippen LogP) is 4.68. The predicted molar refractivity (Wildman–Crippen MR) is 133 cm³/mol. The van der Waals surface area contributed by atoms with Crippen molar-refractivity contribution >= 4 is 17.8 Å². The van der Waals surface area contributed by atoms with Gasteiger partial charge in [0, 0.05) is 54.8 Å². The Morgan fingerprint density at radius 1 is 1.20 bits per heavy atom. The summed E-state index contributed by atoms with van der Waals surface area (Å²) in [6.07, 6.45) is 6.70. The number of nitriles is 1. The molecule has 178 valence electrons. The van der Waals surface area contributed by atoms with E-state index in [2.05, 4.69) is 4.99 Å². The Kier molecular flexibility index (Phi) is 6.08. The van der Waals surface area contributed by atoms with Crippen LogP contribution in [0.2, 0.25) is 0 Å². The summed E-state index contributed by atoms with van der Waals surface area (Å²) in [5.41, 5.74) is 10.0. The van der Waals surface area contributed by atoms with E-state index in [0.29, 0.717) is 22.8 Å². The van der Waals surface area contributed by atoms with Crippen molar-refractivity contribution in [1.82, 2.24) is 14.5 Å². The van der Waals surface area contributed by atoms with Crippen molar-refractivity contribution in [3.05, 3.63) is 64.7 Å². The van der Waals surface area contributed by atoms with E-state index in [4.69, 9.17) is 10.7 Å². The molecule has 3 aromatic rings. The second-order valence-corrected chi connectivity index (χ2v) is 9.14. The van der Waals surface area contributed by atoms with Crippen molar-refractivity contribution in [2.75, 3.05) is 25.9 Å². The highest BCUT2D eigenvalue weighted by Gasteiger charge is 2.37. The van der Waals surface area contributed by atoms with Gasteiger partial charge in [-0.1, -0.05) is 0 Å². The molecule has 1 saturated carbocycles. The number of piperidine rings is 1. The number of amides is 1. The molecular formula is C27H27FN6O. The maximum atomic E-state index is 14.6. The first-order valence-electron chi connectivity index (χ1n) is 12.0. The molecule has 35 heavy (non-hydrogen) atoms. The first kappa shape index (κ1) is 22.8.